The molecular formula is C27H26ClN5O4S. The second-order valence-corrected chi connectivity index (χ2v) is 9.84. The van der Waals surface area contributed by atoms with Gasteiger partial charge in [0, 0.05) is 37.4 Å². The molecule has 0 atom stereocenters. The van der Waals surface area contributed by atoms with Gasteiger partial charge in [0.05, 0.1) is 23.6 Å². The Kier molecular flexibility index (Phi) is 8.00. The molecule has 0 radical (unpaired) electrons. The monoisotopic (exact) mass is 551 g/mol. The second kappa shape index (κ2) is 11.7. The molecule has 11 heteroatoms. The van der Waals surface area contributed by atoms with Crippen LogP contribution in [0.4, 0.5) is 0 Å². The van der Waals surface area contributed by atoms with Crippen molar-refractivity contribution in [1.29, 1.82) is 0 Å². The molecule has 9 nitrogen and oxygen atoms in total. The quantitative estimate of drug-likeness (QED) is 0.294. The Morgan fingerprint density at radius 2 is 1.71 bits per heavy atom. The van der Waals surface area contributed by atoms with E-state index in [0.717, 1.165) is 17.0 Å². The van der Waals surface area contributed by atoms with Crippen LogP contribution < -0.4 is 4.74 Å². The van der Waals surface area contributed by atoms with E-state index in [1.807, 2.05) is 54.0 Å². The minimum Gasteiger partial charge on any atom is -0.494 e. The number of hydrogen-bond acceptors (Lipinski definition) is 7. The maximum atomic E-state index is 13.1. The molecule has 5 rings (SSSR count). The van der Waals surface area contributed by atoms with E-state index >= 15 is 0 Å². The highest BCUT2D eigenvalue weighted by atomic mass is 35.5. The predicted molar refractivity (Wildman–Crippen MR) is 145 cm³/mol. The second-order valence-electron chi connectivity index (χ2n) is 8.49. The fraction of sp³-hybridized carbons (Fsp3) is 0.259. The molecular weight excluding hydrogens is 526 g/mol. The number of carbonyl (C=O) groups excluding carboxylic acids is 2. The van der Waals surface area contributed by atoms with Gasteiger partial charge in [0.15, 0.2) is 16.7 Å². The Bertz CT molecular complexity index is 1400. The summed E-state index contributed by atoms with van der Waals surface area (Å²) < 4.78 is 12.7. The summed E-state index contributed by atoms with van der Waals surface area (Å²) in [6, 6.07) is 18.4. The van der Waals surface area contributed by atoms with Gasteiger partial charge in [0.25, 0.3) is 5.91 Å². The number of rotatable bonds is 8. The third-order valence-corrected chi connectivity index (χ3v) is 7.37. The highest BCUT2D eigenvalue weighted by molar-refractivity contribution is 7.99. The number of piperazine rings is 1. The molecule has 4 aromatic rings. The van der Waals surface area contributed by atoms with Crippen LogP contribution in [-0.4, -0.2) is 74.9 Å². The standard InChI is InChI=1S/C27H26ClN5O4S/c1-2-36-20-11-9-19(10-12-20)33-25(21-6-3-4-7-22(21)28)29-30-27(33)38-18-24(34)31-13-15-32(16-14-31)26(35)23-8-5-17-37-23/h3-12,17H,2,13-16,18H2,1H3. The zero-order valence-corrected chi connectivity index (χ0v) is 22.3. The molecule has 0 bridgehead atoms. The van der Waals surface area contributed by atoms with Gasteiger partial charge in [-0.05, 0) is 55.5 Å². The molecule has 1 saturated heterocycles. The fourth-order valence-electron chi connectivity index (χ4n) is 4.20. The number of ether oxygens (including phenoxy) is 1. The van der Waals surface area contributed by atoms with Gasteiger partial charge in [0.1, 0.15) is 5.75 Å². The van der Waals surface area contributed by atoms with Crippen LogP contribution in [0.5, 0.6) is 5.75 Å². The van der Waals surface area contributed by atoms with Crippen LogP contribution in [0.2, 0.25) is 5.02 Å². The van der Waals surface area contributed by atoms with E-state index in [4.69, 9.17) is 20.8 Å². The SMILES string of the molecule is CCOc1ccc(-n2c(SCC(=O)N3CCN(C(=O)c4ccco4)CC3)nnc2-c2ccccc2Cl)cc1. The highest BCUT2D eigenvalue weighted by Gasteiger charge is 2.27. The average molecular weight is 552 g/mol. The van der Waals surface area contributed by atoms with Gasteiger partial charge in [-0.25, -0.2) is 0 Å². The first-order chi connectivity index (χ1) is 18.5. The summed E-state index contributed by atoms with van der Waals surface area (Å²) in [7, 11) is 0. The topological polar surface area (TPSA) is 93.7 Å². The molecule has 38 heavy (non-hydrogen) atoms. The van der Waals surface area contributed by atoms with Crippen molar-refractivity contribution in [1.82, 2.24) is 24.6 Å². The number of thioether (sulfide) groups is 1. The summed E-state index contributed by atoms with van der Waals surface area (Å²) in [6.07, 6.45) is 1.48. The number of amides is 2. The lowest BCUT2D eigenvalue weighted by Crippen LogP contribution is -2.51. The fourth-order valence-corrected chi connectivity index (χ4v) is 5.28. The number of aromatic nitrogens is 3. The first-order valence-corrected chi connectivity index (χ1v) is 13.6. The van der Waals surface area contributed by atoms with E-state index in [-0.39, 0.29) is 17.6 Å². The van der Waals surface area contributed by atoms with Crippen molar-refractivity contribution in [3.8, 4) is 22.8 Å². The van der Waals surface area contributed by atoms with Crippen LogP contribution in [0.1, 0.15) is 17.5 Å². The van der Waals surface area contributed by atoms with Crippen molar-refractivity contribution in [3.05, 3.63) is 77.7 Å². The largest absolute Gasteiger partial charge is 0.494 e. The molecule has 0 N–H and O–H groups in total. The normalized spacial score (nSPS) is 13.5. The van der Waals surface area contributed by atoms with Crippen molar-refractivity contribution >= 4 is 35.2 Å². The van der Waals surface area contributed by atoms with Crippen molar-refractivity contribution in [2.24, 2.45) is 0 Å². The highest BCUT2D eigenvalue weighted by Crippen LogP contribution is 2.32. The first kappa shape index (κ1) is 25.9. The maximum absolute atomic E-state index is 13.1. The summed E-state index contributed by atoms with van der Waals surface area (Å²) in [5.74, 6) is 1.65. The van der Waals surface area contributed by atoms with Gasteiger partial charge in [-0.3, -0.25) is 14.2 Å². The van der Waals surface area contributed by atoms with Crippen LogP contribution >= 0.6 is 23.4 Å². The van der Waals surface area contributed by atoms with Crippen molar-refractivity contribution in [2.75, 3.05) is 38.5 Å². The molecule has 2 amide bonds. The minimum absolute atomic E-state index is 0.0272. The van der Waals surface area contributed by atoms with Gasteiger partial charge in [-0.15, -0.1) is 10.2 Å². The first-order valence-electron chi connectivity index (χ1n) is 12.2. The van der Waals surface area contributed by atoms with E-state index < -0.39 is 0 Å². The Morgan fingerprint density at radius 1 is 0.974 bits per heavy atom. The van der Waals surface area contributed by atoms with Gasteiger partial charge in [0.2, 0.25) is 5.91 Å². The van der Waals surface area contributed by atoms with Gasteiger partial charge in [-0.1, -0.05) is 35.5 Å². The maximum Gasteiger partial charge on any atom is 0.289 e. The predicted octanol–water partition coefficient (Wildman–Crippen LogP) is 4.66. The van der Waals surface area contributed by atoms with Crippen molar-refractivity contribution < 1.29 is 18.7 Å². The summed E-state index contributed by atoms with van der Waals surface area (Å²) >= 11 is 7.80. The van der Waals surface area contributed by atoms with Gasteiger partial charge < -0.3 is 19.0 Å². The van der Waals surface area contributed by atoms with E-state index in [2.05, 4.69) is 10.2 Å². The summed E-state index contributed by atoms with van der Waals surface area (Å²) in [5, 5.41) is 9.96. The van der Waals surface area contributed by atoms with E-state index in [1.54, 1.807) is 28.0 Å². The lowest BCUT2D eigenvalue weighted by Gasteiger charge is -2.34. The van der Waals surface area contributed by atoms with Crippen LogP contribution in [0.3, 0.4) is 0 Å². The molecule has 0 saturated carbocycles. The molecule has 1 fully saturated rings. The van der Waals surface area contributed by atoms with Crippen LogP contribution in [0, 0.1) is 0 Å². The Balaban J connectivity index is 1.30. The van der Waals surface area contributed by atoms with Crippen molar-refractivity contribution in [2.45, 2.75) is 12.1 Å². The number of hydrogen-bond donors (Lipinski definition) is 0. The third kappa shape index (κ3) is 5.56. The lowest BCUT2D eigenvalue weighted by molar-refractivity contribution is -0.129. The zero-order valence-electron chi connectivity index (χ0n) is 20.7. The van der Waals surface area contributed by atoms with Gasteiger partial charge in [-0.2, -0.15) is 0 Å². The molecule has 196 valence electrons. The van der Waals surface area contributed by atoms with Crippen LogP contribution in [-0.2, 0) is 4.79 Å². The van der Waals surface area contributed by atoms with Crippen molar-refractivity contribution in [3.63, 3.8) is 0 Å². The number of nitrogens with zero attached hydrogens (tertiary/aromatic N) is 5. The third-order valence-electron chi connectivity index (χ3n) is 6.13. The van der Waals surface area contributed by atoms with E-state index in [0.29, 0.717) is 54.5 Å². The summed E-state index contributed by atoms with van der Waals surface area (Å²) in [5.41, 5.74) is 1.57. The van der Waals surface area contributed by atoms with Crippen LogP contribution in [0.25, 0.3) is 17.1 Å². The van der Waals surface area contributed by atoms with E-state index in [1.165, 1.54) is 18.0 Å². The molecule has 0 aliphatic carbocycles. The Morgan fingerprint density at radius 3 is 2.39 bits per heavy atom. The Hall–Kier alpha value is -3.76. The number of halogens is 1. The molecule has 1 aliphatic rings. The van der Waals surface area contributed by atoms with E-state index in [9.17, 15) is 9.59 Å². The van der Waals surface area contributed by atoms with Crippen LogP contribution in [0.15, 0.2) is 76.5 Å². The number of carbonyl (C=O) groups is 2. The smallest absolute Gasteiger partial charge is 0.289 e. The lowest BCUT2D eigenvalue weighted by atomic mass is 10.2. The minimum atomic E-state index is -0.160. The molecule has 3 heterocycles. The molecule has 2 aromatic carbocycles. The Labute approximate surface area is 229 Å². The number of benzene rings is 2. The molecule has 0 unspecified atom stereocenters. The van der Waals surface area contributed by atoms with Gasteiger partial charge >= 0.3 is 0 Å². The summed E-state index contributed by atoms with van der Waals surface area (Å²) in [4.78, 5) is 29.0. The molecule has 1 aliphatic heterocycles. The molecule has 0 spiro atoms. The molecule has 2 aromatic heterocycles. The number of furan rings is 1. The summed E-state index contributed by atoms with van der Waals surface area (Å²) in [6.45, 7) is 4.34. The zero-order chi connectivity index (χ0) is 26.5. The average Bonchev–Trinajstić information content (AvgIpc) is 3.63.